The minimum absolute atomic E-state index is 0.327. The fourth-order valence-electron chi connectivity index (χ4n) is 1.61. The Bertz CT molecular complexity index is 382. The fourth-order valence-corrected chi connectivity index (χ4v) is 1.61. The molecule has 1 N–H and O–H groups in total. The molecule has 0 aliphatic rings. The Morgan fingerprint density at radius 1 is 1.41 bits per heavy atom. The smallest absolute Gasteiger partial charge is 0.335 e. The van der Waals surface area contributed by atoms with Crippen LogP contribution in [0.1, 0.15) is 29.8 Å². The van der Waals surface area contributed by atoms with Gasteiger partial charge < -0.3 is 5.11 Å². The molecular weight excluding hydrogens is 214 g/mol. The third-order valence-corrected chi connectivity index (χ3v) is 2.68. The van der Waals surface area contributed by atoms with E-state index in [4.69, 9.17) is 5.11 Å². The zero-order valence-electron chi connectivity index (χ0n) is 10.4. The van der Waals surface area contributed by atoms with Crippen LogP contribution in [0.3, 0.4) is 0 Å². The molecule has 0 atom stereocenters. The minimum atomic E-state index is -0.886. The predicted octanol–water partition coefficient (Wildman–Crippen LogP) is 2.78. The van der Waals surface area contributed by atoms with Crippen LogP contribution in [0.2, 0.25) is 0 Å². The van der Waals surface area contributed by atoms with Gasteiger partial charge in [0.05, 0.1) is 5.56 Å². The first-order chi connectivity index (χ1) is 8.04. The number of aromatic carboxylic acids is 1. The van der Waals surface area contributed by atoms with Crippen LogP contribution in [-0.4, -0.2) is 28.6 Å². The zero-order chi connectivity index (χ0) is 12.8. The van der Waals surface area contributed by atoms with Crippen LogP contribution in [0, 0.1) is 0 Å². The van der Waals surface area contributed by atoms with E-state index in [9.17, 15) is 4.79 Å². The lowest BCUT2D eigenvalue weighted by molar-refractivity contribution is 0.0697. The van der Waals surface area contributed by atoms with Gasteiger partial charge in [0.15, 0.2) is 0 Å². The average Bonchev–Trinajstić information content (AvgIpc) is 2.29. The van der Waals surface area contributed by atoms with Gasteiger partial charge in [-0.15, -0.1) is 6.58 Å². The Hall–Kier alpha value is -1.61. The van der Waals surface area contributed by atoms with Gasteiger partial charge in [-0.05, 0) is 31.5 Å². The van der Waals surface area contributed by atoms with Crippen molar-refractivity contribution in [1.82, 2.24) is 4.90 Å². The molecule has 3 nitrogen and oxygen atoms in total. The number of benzene rings is 1. The van der Waals surface area contributed by atoms with E-state index < -0.39 is 5.97 Å². The zero-order valence-corrected chi connectivity index (χ0v) is 10.4. The van der Waals surface area contributed by atoms with E-state index >= 15 is 0 Å². The normalized spacial score (nSPS) is 10.8. The Labute approximate surface area is 102 Å². The van der Waals surface area contributed by atoms with E-state index in [1.165, 1.54) is 0 Å². The van der Waals surface area contributed by atoms with E-state index in [0.29, 0.717) is 11.6 Å². The molecule has 3 heteroatoms. The third kappa shape index (κ3) is 4.04. The predicted molar refractivity (Wildman–Crippen MR) is 69.1 cm³/mol. The molecule has 0 saturated carbocycles. The molecule has 92 valence electrons. The van der Waals surface area contributed by atoms with Gasteiger partial charge in [-0.1, -0.05) is 18.2 Å². The molecule has 0 aromatic heterocycles. The molecule has 0 aliphatic heterocycles. The Morgan fingerprint density at radius 2 is 2.00 bits per heavy atom. The Kier molecular flexibility index (Phi) is 4.91. The number of hydrogen-bond donors (Lipinski definition) is 1. The molecule has 0 radical (unpaired) electrons. The van der Waals surface area contributed by atoms with Gasteiger partial charge in [-0.2, -0.15) is 0 Å². The number of carbonyl (C=O) groups is 1. The fraction of sp³-hybridized carbons (Fsp3) is 0.357. The molecule has 0 fully saturated rings. The summed E-state index contributed by atoms with van der Waals surface area (Å²) >= 11 is 0. The summed E-state index contributed by atoms with van der Waals surface area (Å²) in [4.78, 5) is 13.0. The summed E-state index contributed by atoms with van der Waals surface area (Å²) in [6, 6.07) is 7.45. The molecule has 0 aliphatic carbocycles. The number of hydrogen-bond acceptors (Lipinski definition) is 2. The van der Waals surface area contributed by atoms with Crippen molar-refractivity contribution in [1.29, 1.82) is 0 Å². The van der Waals surface area contributed by atoms with Crippen molar-refractivity contribution in [3.8, 4) is 0 Å². The summed E-state index contributed by atoms with van der Waals surface area (Å²) in [6.45, 7) is 9.65. The van der Waals surface area contributed by atoms with Crippen LogP contribution in [0.5, 0.6) is 0 Å². The maximum Gasteiger partial charge on any atom is 0.335 e. The molecular formula is C14H19NO2. The van der Waals surface area contributed by atoms with Crippen LogP contribution in [-0.2, 0) is 6.54 Å². The number of carboxylic acid groups (broad SMARTS) is 1. The number of rotatable bonds is 6. The van der Waals surface area contributed by atoms with Gasteiger partial charge in [0.25, 0.3) is 0 Å². The summed E-state index contributed by atoms with van der Waals surface area (Å²) < 4.78 is 0. The van der Waals surface area contributed by atoms with Crippen LogP contribution >= 0.6 is 0 Å². The molecule has 1 aromatic rings. The van der Waals surface area contributed by atoms with Gasteiger partial charge in [-0.3, -0.25) is 4.90 Å². The van der Waals surface area contributed by atoms with Crippen LogP contribution in [0.15, 0.2) is 36.9 Å². The minimum Gasteiger partial charge on any atom is -0.478 e. The maximum absolute atomic E-state index is 10.7. The molecule has 0 saturated heterocycles. The first-order valence-electron chi connectivity index (χ1n) is 5.71. The Balaban J connectivity index is 2.73. The van der Waals surface area contributed by atoms with Crippen molar-refractivity contribution in [2.24, 2.45) is 0 Å². The van der Waals surface area contributed by atoms with E-state index in [-0.39, 0.29) is 0 Å². The lowest BCUT2D eigenvalue weighted by Gasteiger charge is -2.25. The highest BCUT2D eigenvalue weighted by atomic mass is 16.4. The topological polar surface area (TPSA) is 40.5 Å². The second kappa shape index (κ2) is 6.21. The van der Waals surface area contributed by atoms with Crippen molar-refractivity contribution >= 4 is 5.97 Å². The van der Waals surface area contributed by atoms with Crippen molar-refractivity contribution < 1.29 is 9.90 Å². The first-order valence-corrected chi connectivity index (χ1v) is 5.71. The van der Waals surface area contributed by atoms with Crippen molar-refractivity contribution in [2.45, 2.75) is 26.4 Å². The summed E-state index contributed by atoms with van der Waals surface area (Å²) in [7, 11) is 0. The SMILES string of the molecule is C=CCN(Cc1ccc(C(=O)O)cc1)C(C)C. The highest BCUT2D eigenvalue weighted by Crippen LogP contribution is 2.10. The molecule has 1 rings (SSSR count). The van der Waals surface area contributed by atoms with Crippen LogP contribution < -0.4 is 0 Å². The summed E-state index contributed by atoms with van der Waals surface area (Å²) in [5.74, 6) is -0.886. The van der Waals surface area contributed by atoms with Crippen LogP contribution in [0.25, 0.3) is 0 Å². The lowest BCUT2D eigenvalue weighted by atomic mass is 10.1. The maximum atomic E-state index is 10.7. The van der Waals surface area contributed by atoms with Crippen molar-refractivity contribution in [2.75, 3.05) is 6.54 Å². The highest BCUT2D eigenvalue weighted by molar-refractivity contribution is 5.87. The monoisotopic (exact) mass is 233 g/mol. The number of nitrogens with zero attached hydrogens (tertiary/aromatic N) is 1. The first kappa shape index (κ1) is 13.5. The van der Waals surface area contributed by atoms with Crippen molar-refractivity contribution in [3.63, 3.8) is 0 Å². The molecule has 0 amide bonds. The molecule has 0 bridgehead atoms. The summed E-state index contributed by atoms with van der Waals surface area (Å²) in [5.41, 5.74) is 1.44. The van der Waals surface area contributed by atoms with Gasteiger partial charge in [-0.25, -0.2) is 4.79 Å². The van der Waals surface area contributed by atoms with Crippen molar-refractivity contribution in [3.05, 3.63) is 48.0 Å². The summed E-state index contributed by atoms with van der Waals surface area (Å²) in [6.07, 6.45) is 1.88. The van der Waals surface area contributed by atoms with Gasteiger partial charge in [0.1, 0.15) is 0 Å². The van der Waals surface area contributed by atoms with E-state index in [1.807, 2.05) is 18.2 Å². The van der Waals surface area contributed by atoms with E-state index in [0.717, 1.165) is 18.7 Å². The van der Waals surface area contributed by atoms with Gasteiger partial charge in [0, 0.05) is 19.1 Å². The second-order valence-electron chi connectivity index (χ2n) is 4.31. The Morgan fingerprint density at radius 3 is 2.41 bits per heavy atom. The molecule has 0 heterocycles. The van der Waals surface area contributed by atoms with Crippen LogP contribution in [0.4, 0.5) is 0 Å². The summed E-state index contributed by atoms with van der Waals surface area (Å²) in [5, 5.41) is 8.81. The van der Waals surface area contributed by atoms with Gasteiger partial charge in [0.2, 0.25) is 0 Å². The quantitative estimate of drug-likeness (QED) is 0.768. The second-order valence-corrected chi connectivity index (χ2v) is 4.31. The molecule has 1 aromatic carbocycles. The van der Waals surface area contributed by atoms with Gasteiger partial charge >= 0.3 is 5.97 Å². The largest absolute Gasteiger partial charge is 0.478 e. The third-order valence-electron chi connectivity index (χ3n) is 2.68. The lowest BCUT2D eigenvalue weighted by Crippen LogP contribution is -2.30. The van der Waals surface area contributed by atoms with E-state index in [1.54, 1.807) is 12.1 Å². The standard InChI is InChI=1S/C14H19NO2/c1-4-9-15(11(2)3)10-12-5-7-13(8-6-12)14(16)17/h4-8,11H,1,9-10H2,2-3H3,(H,16,17). The number of carboxylic acids is 1. The average molecular weight is 233 g/mol. The highest BCUT2D eigenvalue weighted by Gasteiger charge is 2.09. The van der Waals surface area contributed by atoms with E-state index in [2.05, 4.69) is 25.3 Å². The molecule has 0 spiro atoms. The molecule has 0 unspecified atom stereocenters. The molecule has 17 heavy (non-hydrogen) atoms.